The third kappa shape index (κ3) is 4.96. The molecule has 2 saturated heterocycles. The topological polar surface area (TPSA) is 66.9 Å². The summed E-state index contributed by atoms with van der Waals surface area (Å²) in [5.74, 6) is -5.99. The lowest BCUT2D eigenvalue weighted by Crippen LogP contribution is -2.47. The number of hydrogen-bond acceptors (Lipinski definition) is 6. The summed E-state index contributed by atoms with van der Waals surface area (Å²) in [4.78, 5) is 21.9. The van der Waals surface area contributed by atoms with E-state index < -0.39 is 53.0 Å². The van der Waals surface area contributed by atoms with Crippen LogP contribution in [-0.2, 0) is 9.53 Å². The summed E-state index contributed by atoms with van der Waals surface area (Å²) in [6.07, 6.45) is -5.01. The minimum absolute atomic E-state index is 0.0881. The molecule has 0 unspecified atom stereocenters. The van der Waals surface area contributed by atoms with Gasteiger partial charge in [-0.1, -0.05) is 13.0 Å². The number of anilines is 2. The first-order valence-electron chi connectivity index (χ1n) is 11.8. The molecular weight excluding hydrogens is 499 g/mol. The van der Waals surface area contributed by atoms with Crippen molar-refractivity contribution in [2.24, 2.45) is 5.92 Å². The molecule has 2 aliphatic heterocycles. The molecule has 2 aliphatic rings. The quantitative estimate of drug-likeness (QED) is 0.587. The highest BCUT2D eigenvalue weighted by Crippen LogP contribution is 2.55. The third-order valence-corrected chi connectivity index (χ3v) is 7.41. The number of aromatic nitrogens is 1. The second-order valence-corrected chi connectivity index (χ2v) is 9.62. The lowest BCUT2D eigenvalue weighted by Gasteiger charge is -2.33. The molecule has 0 saturated carbocycles. The Morgan fingerprint density at radius 1 is 1.19 bits per heavy atom. The molecule has 4 rings (SSSR count). The zero-order chi connectivity index (χ0) is 27.1. The Hall–Kier alpha value is -2.99. The molecule has 2 fully saturated rings. The monoisotopic (exact) mass is 528 g/mol. The first-order valence-corrected chi connectivity index (χ1v) is 11.8. The van der Waals surface area contributed by atoms with E-state index in [1.165, 1.54) is 19.2 Å². The fourth-order valence-electron chi connectivity index (χ4n) is 4.96. The van der Waals surface area contributed by atoms with Gasteiger partial charge in [-0.3, -0.25) is 4.79 Å². The number of likely N-dealkylation sites (N-methyl/N-ethyl adjacent to an activating group) is 1. The molecule has 2 aromatic rings. The second kappa shape index (κ2) is 10.1. The average molecular weight is 529 g/mol. The van der Waals surface area contributed by atoms with Crippen LogP contribution in [0.5, 0.6) is 5.75 Å². The van der Waals surface area contributed by atoms with Crippen LogP contribution in [0, 0.1) is 17.6 Å². The van der Waals surface area contributed by atoms with Crippen molar-refractivity contribution in [3.8, 4) is 5.75 Å². The van der Waals surface area contributed by atoms with E-state index >= 15 is 0 Å². The van der Waals surface area contributed by atoms with Crippen LogP contribution in [-0.4, -0.2) is 74.0 Å². The number of ether oxygens (including phenoxy) is 2. The Kier molecular flexibility index (Phi) is 7.35. The van der Waals surface area contributed by atoms with Crippen LogP contribution in [0.4, 0.5) is 33.5 Å². The van der Waals surface area contributed by atoms with Crippen molar-refractivity contribution in [1.82, 2.24) is 9.88 Å². The molecule has 37 heavy (non-hydrogen) atoms. The van der Waals surface area contributed by atoms with Gasteiger partial charge in [0.2, 0.25) is 5.82 Å². The summed E-state index contributed by atoms with van der Waals surface area (Å²) >= 11 is 0. The molecule has 0 radical (unpaired) electrons. The number of benzene rings is 1. The summed E-state index contributed by atoms with van der Waals surface area (Å²) in [6.45, 7) is 5.24. The van der Waals surface area contributed by atoms with Crippen LogP contribution >= 0.6 is 0 Å². The smallest absolute Gasteiger partial charge is 0.417 e. The molecule has 1 aromatic carbocycles. The standard InChI is InChI=1S/C25H29F5N4O3/c1-14-19(16-5-6-17(26)20(27)21(16)36-4)22(37-24(14,2)25(28,29)30)23(35)32-15-7-8-31-18(13-15)34-11-9-33(3)10-12-34/h5-8,13-14,19,22H,9-12H2,1-4H3,(H,31,32,35)/t14-,19-,22+,24+/m0/s1. The van der Waals surface area contributed by atoms with Crippen LogP contribution < -0.4 is 15.0 Å². The number of amides is 1. The van der Waals surface area contributed by atoms with Crippen LogP contribution in [0.1, 0.15) is 25.3 Å². The van der Waals surface area contributed by atoms with Gasteiger partial charge in [-0.25, -0.2) is 9.37 Å². The number of pyridine rings is 1. The molecular formula is C25H29F5N4O3. The van der Waals surface area contributed by atoms with Gasteiger partial charge < -0.3 is 24.6 Å². The third-order valence-electron chi connectivity index (χ3n) is 7.41. The number of piperazine rings is 1. The zero-order valence-electron chi connectivity index (χ0n) is 20.9. The molecule has 0 bridgehead atoms. The van der Waals surface area contributed by atoms with E-state index in [1.54, 1.807) is 6.07 Å². The van der Waals surface area contributed by atoms with Gasteiger partial charge in [0, 0.05) is 61.5 Å². The van der Waals surface area contributed by atoms with Crippen molar-refractivity contribution >= 4 is 17.4 Å². The first kappa shape index (κ1) is 27.1. The van der Waals surface area contributed by atoms with Crippen molar-refractivity contribution in [1.29, 1.82) is 0 Å². The molecule has 202 valence electrons. The van der Waals surface area contributed by atoms with E-state index in [4.69, 9.17) is 9.47 Å². The predicted molar refractivity (Wildman–Crippen MR) is 127 cm³/mol. The lowest BCUT2D eigenvalue weighted by molar-refractivity contribution is -0.272. The summed E-state index contributed by atoms with van der Waals surface area (Å²) in [6, 6.07) is 5.08. The van der Waals surface area contributed by atoms with Gasteiger partial charge in [0.25, 0.3) is 5.91 Å². The second-order valence-electron chi connectivity index (χ2n) is 9.62. The van der Waals surface area contributed by atoms with Gasteiger partial charge >= 0.3 is 6.18 Å². The SMILES string of the molecule is COc1c([C@H]2[C@H](C(=O)Nc3ccnc(N4CCN(C)CC4)c3)O[C@@](C)(C(F)(F)F)[C@H]2C)ccc(F)c1F. The molecule has 1 amide bonds. The van der Waals surface area contributed by atoms with Crippen molar-refractivity contribution in [2.45, 2.75) is 37.6 Å². The van der Waals surface area contributed by atoms with Gasteiger partial charge in [0.1, 0.15) is 11.9 Å². The Morgan fingerprint density at radius 3 is 2.49 bits per heavy atom. The van der Waals surface area contributed by atoms with E-state index in [-0.39, 0.29) is 5.56 Å². The maximum atomic E-state index is 14.5. The van der Waals surface area contributed by atoms with Crippen molar-refractivity contribution < 1.29 is 36.2 Å². The first-order chi connectivity index (χ1) is 17.4. The maximum Gasteiger partial charge on any atom is 0.417 e. The number of methoxy groups -OCH3 is 1. The highest BCUT2D eigenvalue weighted by Gasteiger charge is 2.65. The minimum Gasteiger partial charge on any atom is -0.493 e. The number of nitrogens with one attached hydrogen (secondary N) is 1. The van der Waals surface area contributed by atoms with E-state index in [0.29, 0.717) is 11.5 Å². The largest absolute Gasteiger partial charge is 0.493 e. The number of rotatable bonds is 5. The highest BCUT2D eigenvalue weighted by molar-refractivity contribution is 5.95. The van der Waals surface area contributed by atoms with Crippen LogP contribution in [0.25, 0.3) is 0 Å². The fraction of sp³-hybridized carbons (Fsp3) is 0.520. The molecule has 7 nitrogen and oxygen atoms in total. The van der Waals surface area contributed by atoms with Crippen LogP contribution in [0.2, 0.25) is 0 Å². The molecule has 3 heterocycles. The van der Waals surface area contributed by atoms with Crippen LogP contribution in [0.3, 0.4) is 0 Å². The van der Waals surface area contributed by atoms with Crippen LogP contribution in [0.15, 0.2) is 30.5 Å². The Labute approximate surface area is 211 Å². The molecule has 4 atom stereocenters. The van der Waals surface area contributed by atoms with Gasteiger partial charge in [-0.15, -0.1) is 0 Å². The van der Waals surface area contributed by atoms with E-state index in [0.717, 1.165) is 52.3 Å². The number of alkyl halides is 3. The summed E-state index contributed by atoms with van der Waals surface area (Å²) in [5, 5.41) is 2.63. The fourth-order valence-corrected chi connectivity index (χ4v) is 4.96. The highest BCUT2D eigenvalue weighted by atomic mass is 19.4. The van der Waals surface area contributed by atoms with E-state index in [9.17, 15) is 26.7 Å². The number of halogens is 5. The Morgan fingerprint density at radius 2 is 1.86 bits per heavy atom. The average Bonchev–Trinajstić information content (AvgIpc) is 3.13. The summed E-state index contributed by atoms with van der Waals surface area (Å²) < 4.78 is 81.2. The predicted octanol–water partition coefficient (Wildman–Crippen LogP) is 4.20. The number of hydrogen-bond donors (Lipinski definition) is 1. The zero-order valence-corrected chi connectivity index (χ0v) is 20.9. The number of carbonyl (C=O) groups is 1. The normalized spacial score (nSPS) is 26.8. The molecule has 0 aliphatic carbocycles. The van der Waals surface area contributed by atoms with Gasteiger partial charge in [-0.2, -0.15) is 17.6 Å². The summed E-state index contributed by atoms with van der Waals surface area (Å²) in [7, 11) is 3.09. The van der Waals surface area contributed by atoms with Gasteiger partial charge in [0.05, 0.1) is 7.11 Å². The van der Waals surface area contributed by atoms with Crippen molar-refractivity contribution in [3.63, 3.8) is 0 Å². The molecule has 1 N–H and O–H groups in total. The lowest BCUT2D eigenvalue weighted by atomic mass is 9.77. The number of carbonyl (C=O) groups excluding carboxylic acids is 1. The maximum absolute atomic E-state index is 14.5. The van der Waals surface area contributed by atoms with E-state index in [1.807, 2.05) is 11.9 Å². The van der Waals surface area contributed by atoms with E-state index in [2.05, 4.69) is 15.2 Å². The molecule has 12 heteroatoms. The molecule has 1 aromatic heterocycles. The van der Waals surface area contributed by atoms with Crippen molar-refractivity contribution in [3.05, 3.63) is 47.7 Å². The summed E-state index contributed by atoms with van der Waals surface area (Å²) in [5.41, 5.74) is -2.49. The Balaban J connectivity index is 1.67. The minimum atomic E-state index is -4.84. The Bertz CT molecular complexity index is 1160. The molecule has 0 spiro atoms. The van der Waals surface area contributed by atoms with Gasteiger partial charge in [0.15, 0.2) is 17.2 Å². The van der Waals surface area contributed by atoms with Crippen molar-refractivity contribution in [2.75, 3.05) is 50.6 Å². The number of nitrogens with zero attached hydrogens (tertiary/aromatic N) is 3. The van der Waals surface area contributed by atoms with Gasteiger partial charge in [-0.05, 0) is 26.1 Å².